The van der Waals surface area contributed by atoms with Crippen LogP contribution in [0, 0.1) is 0 Å². The van der Waals surface area contributed by atoms with Crippen LogP contribution in [0.2, 0.25) is 5.02 Å². The van der Waals surface area contributed by atoms with Crippen LogP contribution in [-0.2, 0) is 9.84 Å². The molecule has 2 N–H and O–H groups in total. The third kappa shape index (κ3) is 10.8. The summed E-state index contributed by atoms with van der Waals surface area (Å²) in [4.78, 5) is 4.13. The van der Waals surface area contributed by atoms with E-state index >= 15 is 0 Å². The van der Waals surface area contributed by atoms with Crippen LogP contribution in [0.1, 0.15) is 20.3 Å². The monoisotopic (exact) mass is 503 g/mol. The lowest BCUT2D eigenvalue weighted by atomic mass is 10.3. The van der Waals surface area contributed by atoms with E-state index in [1.165, 1.54) is 6.26 Å². The molecule has 0 amide bonds. The zero-order valence-electron chi connectivity index (χ0n) is 15.0. The SMILES string of the molecule is CN=C(NCC(C)Oc1ccccc1Cl)NC(C)CCS(C)(=O)=O.I. The Kier molecular flexibility index (Phi) is 11.4. The molecular formula is C16H27ClIN3O3S. The van der Waals surface area contributed by atoms with Crippen molar-refractivity contribution in [3.63, 3.8) is 0 Å². The van der Waals surface area contributed by atoms with E-state index in [-0.39, 0.29) is 41.9 Å². The standard InChI is InChI=1S/C16H26ClN3O3S.HI/c1-12(9-10-24(4,21)22)20-16(18-3)19-11-13(2)23-15-8-6-5-7-14(15)17;/h5-8,12-13H,9-11H2,1-4H3,(H2,18,19,20);1H. The molecule has 0 bridgehead atoms. The first-order valence-corrected chi connectivity index (χ1v) is 10.2. The third-order valence-corrected chi connectivity index (χ3v) is 4.54. The van der Waals surface area contributed by atoms with Crippen molar-refractivity contribution in [2.45, 2.75) is 32.4 Å². The third-order valence-electron chi connectivity index (χ3n) is 3.25. The second kappa shape index (κ2) is 11.8. The van der Waals surface area contributed by atoms with Crippen molar-refractivity contribution >= 4 is 51.4 Å². The zero-order chi connectivity index (χ0) is 18.2. The number of sulfone groups is 1. The molecule has 0 radical (unpaired) electrons. The van der Waals surface area contributed by atoms with Crippen molar-refractivity contribution in [3.8, 4) is 5.75 Å². The van der Waals surface area contributed by atoms with E-state index in [0.717, 1.165) is 0 Å². The molecule has 25 heavy (non-hydrogen) atoms. The summed E-state index contributed by atoms with van der Waals surface area (Å²) >= 11 is 6.07. The number of nitrogens with zero attached hydrogens (tertiary/aromatic N) is 1. The van der Waals surface area contributed by atoms with Gasteiger partial charge in [-0.15, -0.1) is 24.0 Å². The molecule has 2 atom stereocenters. The molecule has 0 aliphatic carbocycles. The summed E-state index contributed by atoms with van der Waals surface area (Å²) < 4.78 is 28.2. The summed E-state index contributed by atoms with van der Waals surface area (Å²) in [6.07, 6.45) is 1.64. The Labute approximate surface area is 172 Å². The van der Waals surface area contributed by atoms with Crippen LogP contribution >= 0.6 is 35.6 Å². The Morgan fingerprint density at radius 1 is 1.32 bits per heavy atom. The van der Waals surface area contributed by atoms with Crippen molar-refractivity contribution < 1.29 is 13.2 Å². The van der Waals surface area contributed by atoms with Crippen LogP contribution in [0.25, 0.3) is 0 Å². The summed E-state index contributed by atoms with van der Waals surface area (Å²) in [5, 5.41) is 6.89. The molecule has 144 valence electrons. The molecule has 1 aromatic carbocycles. The van der Waals surface area contributed by atoms with Crippen LogP contribution in [0.3, 0.4) is 0 Å². The van der Waals surface area contributed by atoms with Gasteiger partial charge in [-0.25, -0.2) is 8.42 Å². The zero-order valence-corrected chi connectivity index (χ0v) is 18.9. The van der Waals surface area contributed by atoms with Gasteiger partial charge in [0.2, 0.25) is 0 Å². The fourth-order valence-corrected chi connectivity index (χ4v) is 2.89. The number of ether oxygens (including phenoxy) is 1. The highest BCUT2D eigenvalue weighted by atomic mass is 127. The minimum atomic E-state index is -2.96. The van der Waals surface area contributed by atoms with Gasteiger partial charge in [-0.05, 0) is 32.4 Å². The van der Waals surface area contributed by atoms with Crippen LogP contribution in [0.15, 0.2) is 29.3 Å². The number of nitrogens with one attached hydrogen (secondary N) is 2. The fourth-order valence-electron chi connectivity index (χ4n) is 1.93. The highest BCUT2D eigenvalue weighted by molar-refractivity contribution is 14.0. The Hall–Kier alpha value is -0.740. The minimum absolute atomic E-state index is 0. The number of para-hydroxylation sites is 1. The maximum atomic E-state index is 11.2. The minimum Gasteiger partial charge on any atom is -0.487 e. The molecule has 2 unspecified atom stereocenters. The van der Waals surface area contributed by atoms with Gasteiger partial charge in [-0.3, -0.25) is 4.99 Å². The summed E-state index contributed by atoms with van der Waals surface area (Å²) in [5.41, 5.74) is 0. The van der Waals surface area contributed by atoms with Crippen LogP contribution in [0.4, 0.5) is 0 Å². The number of rotatable bonds is 8. The van der Waals surface area contributed by atoms with Gasteiger partial charge in [0.1, 0.15) is 21.7 Å². The summed E-state index contributed by atoms with van der Waals surface area (Å²) in [6, 6.07) is 7.30. The van der Waals surface area contributed by atoms with Gasteiger partial charge < -0.3 is 15.4 Å². The van der Waals surface area contributed by atoms with Gasteiger partial charge in [-0.2, -0.15) is 0 Å². The molecule has 0 fully saturated rings. The largest absolute Gasteiger partial charge is 0.487 e. The molecule has 0 heterocycles. The molecule has 1 aromatic rings. The number of halogens is 2. The molecule has 1 rings (SSSR count). The predicted octanol–water partition coefficient (Wildman–Crippen LogP) is 2.71. The number of guanidine groups is 1. The van der Waals surface area contributed by atoms with E-state index in [9.17, 15) is 8.42 Å². The van der Waals surface area contributed by atoms with E-state index in [0.29, 0.717) is 29.7 Å². The van der Waals surface area contributed by atoms with E-state index < -0.39 is 9.84 Å². The Morgan fingerprint density at radius 3 is 2.52 bits per heavy atom. The van der Waals surface area contributed by atoms with E-state index in [1.807, 2.05) is 32.0 Å². The smallest absolute Gasteiger partial charge is 0.191 e. The molecule has 0 aliphatic rings. The average Bonchev–Trinajstić information content (AvgIpc) is 2.51. The number of benzene rings is 1. The molecule has 9 heteroatoms. The van der Waals surface area contributed by atoms with Gasteiger partial charge in [0.25, 0.3) is 0 Å². The molecule has 0 aromatic heterocycles. The van der Waals surface area contributed by atoms with Crippen LogP contribution < -0.4 is 15.4 Å². The second-order valence-corrected chi connectivity index (χ2v) is 8.44. The predicted molar refractivity (Wildman–Crippen MR) is 115 cm³/mol. The maximum Gasteiger partial charge on any atom is 0.191 e. The lowest BCUT2D eigenvalue weighted by molar-refractivity contribution is 0.224. The first kappa shape index (κ1) is 24.3. The molecule has 0 spiro atoms. The van der Waals surface area contributed by atoms with Gasteiger partial charge in [-0.1, -0.05) is 23.7 Å². The van der Waals surface area contributed by atoms with Crippen molar-refractivity contribution in [2.24, 2.45) is 4.99 Å². The summed E-state index contributed by atoms with van der Waals surface area (Å²) in [7, 11) is -1.29. The van der Waals surface area contributed by atoms with Crippen molar-refractivity contribution in [1.82, 2.24) is 10.6 Å². The van der Waals surface area contributed by atoms with Gasteiger partial charge in [0.15, 0.2) is 5.96 Å². The van der Waals surface area contributed by atoms with Crippen LogP contribution in [0.5, 0.6) is 5.75 Å². The first-order valence-electron chi connectivity index (χ1n) is 7.77. The number of hydrogen-bond acceptors (Lipinski definition) is 4. The van der Waals surface area contributed by atoms with E-state index in [4.69, 9.17) is 16.3 Å². The fraction of sp³-hybridized carbons (Fsp3) is 0.562. The topological polar surface area (TPSA) is 79.8 Å². The summed E-state index contributed by atoms with van der Waals surface area (Å²) in [5.74, 6) is 1.38. The summed E-state index contributed by atoms with van der Waals surface area (Å²) in [6.45, 7) is 4.38. The lowest BCUT2D eigenvalue weighted by Gasteiger charge is -2.20. The number of aliphatic imine (C=N–C) groups is 1. The average molecular weight is 504 g/mol. The molecule has 0 saturated carbocycles. The molecule has 0 aliphatic heterocycles. The van der Waals surface area contributed by atoms with Gasteiger partial charge >= 0.3 is 0 Å². The Bertz CT molecular complexity index is 656. The van der Waals surface area contributed by atoms with Crippen molar-refractivity contribution in [1.29, 1.82) is 0 Å². The quantitative estimate of drug-likeness (QED) is 0.324. The highest BCUT2D eigenvalue weighted by Crippen LogP contribution is 2.23. The lowest BCUT2D eigenvalue weighted by Crippen LogP contribution is -2.45. The molecular weight excluding hydrogens is 477 g/mol. The Balaban J connectivity index is 0.00000576. The maximum absolute atomic E-state index is 11.2. The van der Waals surface area contributed by atoms with Crippen LogP contribution in [-0.4, -0.2) is 52.1 Å². The van der Waals surface area contributed by atoms with Crippen molar-refractivity contribution in [2.75, 3.05) is 25.6 Å². The first-order chi connectivity index (χ1) is 11.2. The Morgan fingerprint density at radius 2 is 1.96 bits per heavy atom. The molecule has 0 saturated heterocycles. The van der Waals surface area contributed by atoms with Crippen molar-refractivity contribution in [3.05, 3.63) is 29.3 Å². The second-order valence-electron chi connectivity index (χ2n) is 5.78. The number of hydrogen-bond donors (Lipinski definition) is 2. The normalized spacial score (nSPS) is 14.2. The van der Waals surface area contributed by atoms with Gasteiger partial charge in [0.05, 0.1) is 17.3 Å². The van der Waals surface area contributed by atoms with E-state index in [2.05, 4.69) is 15.6 Å². The van der Waals surface area contributed by atoms with E-state index in [1.54, 1.807) is 13.1 Å². The molecule has 6 nitrogen and oxygen atoms in total. The highest BCUT2D eigenvalue weighted by Gasteiger charge is 2.11. The van der Waals surface area contributed by atoms with Gasteiger partial charge in [0, 0.05) is 19.3 Å².